The van der Waals surface area contributed by atoms with Gasteiger partial charge in [0.25, 0.3) is 0 Å². The molecule has 0 fully saturated rings. The van der Waals surface area contributed by atoms with E-state index in [2.05, 4.69) is 21.7 Å². The number of thiophene rings is 1. The molecule has 6 heteroatoms. The summed E-state index contributed by atoms with van der Waals surface area (Å²) in [6, 6.07) is 11.9. The molecule has 0 unspecified atom stereocenters. The Labute approximate surface area is 130 Å². The molecule has 0 bridgehead atoms. The van der Waals surface area contributed by atoms with Gasteiger partial charge in [0, 0.05) is 11.4 Å². The number of hydrogen-bond acceptors (Lipinski definition) is 4. The zero-order valence-corrected chi connectivity index (χ0v) is 13.0. The number of rotatable bonds is 5. The third kappa shape index (κ3) is 3.80. The van der Waals surface area contributed by atoms with Gasteiger partial charge in [-0.1, -0.05) is 18.2 Å². The van der Waals surface area contributed by atoms with Crippen LogP contribution in [0.3, 0.4) is 0 Å². The lowest BCUT2D eigenvalue weighted by Crippen LogP contribution is -2.36. The molecule has 2 heterocycles. The van der Waals surface area contributed by atoms with E-state index in [0.29, 0.717) is 13.1 Å². The Balaban J connectivity index is 1.44. The average Bonchev–Trinajstić information content (AvgIpc) is 3.13. The predicted octanol–water partition coefficient (Wildman–Crippen LogP) is 3.40. The Morgan fingerprint density at radius 3 is 2.86 bits per heavy atom. The van der Waals surface area contributed by atoms with E-state index in [9.17, 15) is 4.79 Å². The fourth-order valence-corrected chi connectivity index (χ4v) is 3.58. The lowest BCUT2D eigenvalue weighted by atomic mass is 10.3. The molecular formula is C15H15N3OS2. The van der Waals surface area contributed by atoms with Gasteiger partial charge >= 0.3 is 6.03 Å². The van der Waals surface area contributed by atoms with Gasteiger partial charge < -0.3 is 10.6 Å². The molecule has 21 heavy (non-hydrogen) atoms. The minimum Gasteiger partial charge on any atom is -0.338 e. The minimum atomic E-state index is -0.147. The van der Waals surface area contributed by atoms with Crippen LogP contribution in [0.1, 0.15) is 9.88 Å². The van der Waals surface area contributed by atoms with E-state index in [-0.39, 0.29) is 6.03 Å². The third-order valence-corrected chi connectivity index (χ3v) is 4.95. The Kier molecular flexibility index (Phi) is 4.47. The fourth-order valence-electron chi connectivity index (χ4n) is 1.97. The molecule has 0 saturated carbocycles. The van der Waals surface area contributed by atoms with Crippen molar-refractivity contribution in [3.8, 4) is 0 Å². The Morgan fingerprint density at radius 1 is 1.14 bits per heavy atom. The lowest BCUT2D eigenvalue weighted by molar-refractivity contribution is 0.240. The number of nitrogens with zero attached hydrogens (tertiary/aromatic N) is 1. The molecule has 4 nitrogen and oxygen atoms in total. The Hall–Kier alpha value is -1.92. The van der Waals surface area contributed by atoms with E-state index in [1.54, 1.807) is 22.7 Å². The first-order chi connectivity index (χ1) is 10.3. The van der Waals surface area contributed by atoms with Crippen molar-refractivity contribution in [3.63, 3.8) is 0 Å². The summed E-state index contributed by atoms with van der Waals surface area (Å²) >= 11 is 3.32. The number of urea groups is 1. The van der Waals surface area contributed by atoms with Gasteiger partial charge in [0.05, 0.1) is 16.8 Å². The van der Waals surface area contributed by atoms with Crippen molar-refractivity contribution in [2.24, 2.45) is 0 Å². The Bertz CT molecular complexity index is 688. The van der Waals surface area contributed by atoms with Crippen LogP contribution in [0.15, 0.2) is 41.8 Å². The molecule has 1 aromatic carbocycles. The van der Waals surface area contributed by atoms with Gasteiger partial charge in [0.15, 0.2) is 0 Å². The largest absolute Gasteiger partial charge is 0.338 e. The van der Waals surface area contributed by atoms with Crippen LogP contribution in [-0.4, -0.2) is 17.6 Å². The summed E-state index contributed by atoms with van der Waals surface area (Å²) in [5, 5.41) is 8.66. The minimum absolute atomic E-state index is 0.147. The van der Waals surface area contributed by atoms with E-state index in [1.807, 2.05) is 35.7 Å². The van der Waals surface area contributed by atoms with Gasteiger partial charge in [-0.3, -0.25) is 0 Å². The maximum Gasteiger partial charge on any atom is 0.315 e. The molecule has 3 aromatic rings. The fraction of sp³-hybridized carbons (Fsp3) is 0.200. The number of aromatic nitrogens is 1. The number of carbonyl (C=O) groups excluding carboxylic acids is 1. The van der Waals surface area contributed by atoms with Gasteiger partial charge in [-0.25, -0.2) is 9.78 Å². The van der Waals surface area contributed by atoms with Crippen molar-refractivity contribution in [2.45, 2.75) is 13.0 Å². The number of benzene rings is 1. The van der Waals surface area contributed by atoms with Gasteiger partial charge in [-0.2, -0.15) is 0 Å². The van der Waals surface area contributed by atoms with Crippen LogP contribution in [0, 0.1) is 0 Å². The smallest absolute Gasteiger partial charge is 0.315 e. The van der Waals surface area contributed by atoms with Crippen LogP contribution < -0.4 is 10.6 Å². The van der Waals surface area contributed by atoms with Gasteiger partial charge in [-0.05, 0) is 30.0 Å². The van der Waals surface area contributed by atoms with Crippen molar-refractivity contribution in [1.82, 2.24) is 15.6 Å². The highest BCUT2D eigenvalue weighted by atomic mass is 32.1. The summed E-state index contributed by atoms with van der Waals surface area (Å²) in [6.07, 6.45) is 0.867. The molecule has 0 radical (unpaired) electrons. The molecule has 2 aromatic heterocycles. The molecule has 0 saturated heterocycles. The second-order valence-corrected chi connectivity index (χ2v) is 6.66. The van der Waals surface area contributed by atoms with Crippen molar-refractivity contribution in [3.05, 3.63) is 51.7 Å². The maximum atomic E-state index is 11.7. The van der Waals surface area contributed by atoms with Crippen molar-refractivity contribution >= 4 is 38.9 Å². The normalized spacial score (nSPS) is 10.7. The van der Waals surface area contributed by atoms with Gasteiger partial charge in [0.1, 0.15) is 5.01 Å². The number of carbonyl (C=O) groups is 1. The number of hydrogen-bond donors (Lipinski definition) is 2. The molecular weight excluding hydrogens is 302 g/mol. The van der Waals surface area contributed by atoms with E-state index in [0.717, 1.165) is 21.6 Å². The molecule has 2 N–H and O–H groups in total. The second-order valence-electron chi connectivity index (χ2n) is 4.51. The number of nitrogens with one attached hydrogen (secondary N) is 2. The van der Waals surface area contributed by atoms with E-state index >= 15 is 0 Å². The number of fused-ring (bicyclic) bond motifs is 1. The molecule has 0 atom stereocenters. The number of amides is 2. The number of thiazole rings is 1. The van der Waals surface area contributed by atoms with E-state index < -0.39 is 0 Å². The maximum absolute atomic E-state index is 11.7. The topological polar surface area (TPSA) is 54.0 Å². The number of para-hydroxylation sites is 1. The second kappa shape index (κ2) is 6.69. The highest BCUT2D eigenvalue weighted by Gasteiger charge is 2.05. The Morgan fingerprint density at radius 2 is 2.05 bits per heavy atom. The highest BCUT2D eigenvalue weighted by molar-refractivity contribution is 7.18. The van der Waals surface area contributed by atoms with E-state index in [1.165, 1.54) is 4.88 Å². The molecule has 0 aliphatic heterocycles. The van der Waals surface area contributed by atoms with Crippen LogP contribution in [0.2, 0.25) is 0 Å². The summed E-state index contributed by atoms with van der Waals surface area (Å²) in [5.74, 6) is 0. The van der Waals surface area contributed by atoms with Crippen molar-refractivity contribution in [1.29, 1.82) is 0 Å². The molecule has 0 aliphatic carbocycles. The van der Waals surface area contributed by atoms with E-state index in [4.69, 9.17) is 0 Å². The summed E-state index contributed by atoms with van der Waals surface area (Å²) < 4.78 is 1.15. The van der Waals surface area contributed by atoms with Crippen LogP contribution in [0.25, 0.3) is 10.2 Å². The van der Waals surface area contributed by atoms with Crippen LogP contribution in [0.4, 0.5) is 4.79 Å². The summed E-state index contributed by atoms with van der Waals surface area (Å²) in [5.41, 5.74) is 0.984. The predicted molar refractivity (Wildman–Crippen MR) is 87.9 cm³/mol. The van der Waals surface area contributed by atoms with Crippen molar-refractivity contribution in [2.75, 3.05) is 6.54 Å². The highest BCUT2D eigenvalue weighted by Crippen LogP contribution is 2.21. The molecule has 2 amide bonds. The molecule has 0 spiro atoms. The first kappa shape index (κ1) is 14.0. The summed E-state index contributed by atoms with van der Waals surface area (Å²) in [6.45, 7) is 1.11. The first-order valence-electron chi connectivity index (χ1n) is 6.70. The molecule has 0 aliphatic rings. The van der Waals surface area contributed by atoms with Crippen LogP contribution in [0.5, 0.6) is 0 Å². The third-order valence-electron chi connectivity index (χ3n) is 2.98. The van der Waals surface area contributed by atoms with Crippen LogP contribution >= 0.6 is 22.7 Å². The standard InChI is InChI=1S/C15H15N3OS2/c19-15(16-8-7-11-4-3-9-20-11)17-10-14-18-12-5-1-2-6-13(12)21-14/h1-6,9H,7-8,10H2,(H2,16,17,19). The van der Waals surface area contributed by atoms with Gasteiger partial charge in [0.2, 0.25) is 0 Å². The van der Waals surface area contributed by atoms with Gasteiger partial charge in [-0.15, -0.1) is 22.7 Å². The summed E-state index contributed by atoms with van der Waals surface area (Å²) in [7, 11) is 0. The first-order valence-corrected chi connectivity index (χ1v) is 8.39. The summed E-state index contributed by atoms with van der Waals surface area (Å²) in [4.78, 5) is 17.5. The lowest BCUT2D eigenvalue weighted by Gasteiger charge is -2.05. The monoisotopic (exact) mass is 317 g/mol. The SMILES string of the molecule is O=C(NCCc1cccs1)NCc1nc2ccccc2s1. The zero-order chi connectivity index (χ0) is 14.5. The average molecular weight is 317 g/mol. The van der Waals surface area contributed by atoms with Crippen molar-refractivity contribution < 1.29 is 4.79 Å². The zero-order valence-electron chi connectivity index (χ0n) is 11.3. The molecule has 3 rings (SSSR count). The quantitative estimate of drug-likeness (QED) is 0.758. The van der Waals surface area contributed by atoms with Crippen LogP contribution in [-0.2, 0) is 13.0 Å². The molecule has 108 valence electrons.